The Labute approximate surface area is 120 Å². The molecule has 94 valence electrons. The highest BCUT2D eigenvalue weighted by Crippen LogP contribution is 2.31. The lowest BCUT2D eigenvalue weighted by molar-refractivity contribution is 0.218. The zero-order valence-corrected chi connectivity index (χ0v) is 12.2. The Morgan fingerprint density at radius 2 is 1.67 bits per heavy atom. The molecule has 0 heterocycles. The van der Waals surface area contributed by atoms with Gasteiger partial charge < -0.3 is 5.11 Å². The summed E-state index contributed by atoms with van der Waals surface area (Å²) in [6, 6.07) is 8.65. The average Bonchev–Trinajstić information content (AvgIpc) is 2.35. The molecule has 18 heavy (non-hydrogen) atoms. The molecule has 0 bridgehead atoms. The quantitative estimate of drug-likeness (QED) is 0.812. The van der Waals surface area contributed by atoms with Crippen molar-refractivity contribution in [3.8, 4) is 0 Å². The zero-order chi connectivity index (χ0) is 13.3. The third-order valence-electron chi connectivity index (χ3n) is 2.51. The molecular formula is C13H8Br2F2O. The molecule has 0 aliphatic carbocycles. The second-order valence-corrected chi connectivity index (χ2v) is 5.51. The normalized spacial score (nSPS) is 12.5. The molecule has 0 saturated carbocycles. The second kappa shape index (κ2) is 5.47. The van der Waals surface area contributed by atoms with Gasteiger partial charge >= 0.3 is 0 Å². The summed E-state index contributed by atoms with van der Waals surface area (Å²) in [7, 11) is 0. The molecule has 1 unspecified atom stereocenters. The van der Waals surface area contributed by atoms with Crippen LogP contribution in [-0.4, -0.2) is 5.11 Å². The average molecular weight is 378 g/mol. The molecule has 1 atom stereocenters. The predicted molar refractivity (Wildman–Crippen MR) is 72.3 cm³/mol. The van der Waals surface area contributed by atoms with Crippen LogP contribution in [0.3, 0.4) is 0 Å². The first-order chi connectivity index (χ1) is 8.49. The number of benzene rings is 2. The number of aliphatic hydroxyl groups is 1. The van der Waals surface area contributed by atoms with Gasteiger partial charge in [-0.05, 0) is 35.9 Å². The Bertz CT molecular complexity index is 587. The summed E-state index contributed by atoms with van der Waals surface area (Å²) in [5, 5.41) is 10.2. The largest absolute Gasteiger partial charge is 0.384 e. The molecule has 2 aromatic rings. The van der Waals surface area contributed by atoms with Gasteiger partial charge in [0, 0.05) is 14.5 Å². The Morgan fingerprint density at radius 1 is 0.944 bits per heavy atom. The van der Waals surface area contributed by atoms with Crippen LogP contribution < -0.4 is 0 Å². The highest BCUT2D eigenvalue weighted by Gasteiger charge is 2.16. The molecule has 0 fully saturated rings. The third-order valence-corrected chi connectivity index (χ3v) is 3.73. The summed E-state index contributed by atoms with van der Waals surface area (Å²) in [4.78, 5) is 0. The summed E-state index contributed by atoms with van der Waals surface area (Å²) >= 11 is 6.61. The van der Waals surface area contributed by atoms with Gasteiger partial charge in [-0.15, -0.1) is 0 Å². The third kappa shape index (κ3) is 2.79. The SMILES string of the molecule is OC(c1ccc(F)c(F)c1)c1cc(Br)ccc1Br. The van der Waals surface area contributed by atoms with Crippen LogP contribution in [0.1, 0.15) is 17.2 Å². The first kappa shape index (κ1) is 13.6. The van der Waals surface area contributed by atoms with E-state index in [0.717, 1.165) is 16.6 Å². The van der Waals surface area contributed by atoms with Gasteiger partial charge in [-0.2, -0.15) is 0 Å². The summed E-state index contributed by atoms with van der Waals surface area (Å²) in [6.07, 6.45) is -1.02. The first-order valence-electron chi connectivity index (χ1n) is 5.07. The van der Waals surface area contributed by atoms with Crippen molar-refractivity contribution >= 4 is 31.9 Å². The highest BCUT2D eigenvalue weighted by atomic mass is 79.9. The molecule has 1 N–H and O–H groups in total. The number of hydrogen-bond acceptors (Lipinski definition) is 1. The minimum absolute atomic E-state index is 0.299. The van der Waals surface area contributed by atoms with E-state index in [0.29, 0.717) is 15.6 Å². The van der Waals surface area contributed by atoms with E-state index in [4.69, 9.17) is 0 Å². The van der Waals surface area contributed by atoms with Crippen LogP contribution in [0.4, 0.5) is 8.78 Å². The number of hydrogen-bond donors (Lipinski definition) is 1. The maximum atomic E-state index is 13.1. The molecule has 5 heteroatoms. The lowest BCUT2D eigenvalue weighted by atomic mass is 10.0. The smallest absolute Gasteiger partial charge is 0.159 e. The Hall–Kier alpha value is -0.780. The van der Waals surface area contributed by atoms with Gasteiger partial charge in [-0.25, -0.2) is 8.78 Å². The van der Waals surface area contributed by atoms with Crippen LogP contribution in [0.2, 0.25) is 0 Å². The molecule has 0 aliphatic heterocycles. The summed E-state index contributed by atoms with van der Waals surface area (Å²) < 4.78 is 27.5. The van der Waals surface area contributed by atoms with Gasteiger partial charge in [-0.3, -0.25) is 0 Å². The Balaban J connectivity index is 2.44. The monoisotopic (exact) mass is 376 g/mol. The maximum Gasteiger partial charge on any atom is 0.159 e. The molecular weight excluding hydrogens is 370 g/mol. The molecule has 0 radical (unpaired) electrons. The van der Waals surface area contributed by atoms with Crippen LogP contribution in [-0.2, 0) is 0 Å². The lowest BCUT2D eigenvalue weighted by Crippen LogP contribution is -2.02. The molecule has 2 rings (SSSR count). The van der Waals surface area contributed by atoms with Gasteiger partial charge in [-0.1, -0.05) is 37.9 Å². The topological polar surface area (TPSA) is 20.2 Å². The number of rotatable bonds is 2. The molecule has 0 aliphatic rings. The fraction of sp³-hybridized carbons (Fsp3) is 0.0769. The van der Waals surface area contributed by atoms with Gasteiger partial charge in [0.05, 0.1) is 0 Å². The molecule has 1 nitrogen and oxygen atoms in total. The van der Waals surface area contributed by atoms with Crippen molar-refractivity contribution in [2.24, 2.45) is 0 Å². The molecule has 2 aromatic carbocycles. The van der Waals surface area contributed by atoms with E-state index in [1.165, 1.54) is 6.07 Å². The highest BCUT2D eigenvalue weighted by molar-refractivity contribution is 9.11. The van der Waals surface area contributed by atoms with Crippen molar-refractivity contribution in [2.45, 2.75) is 6.10 Å². The van der Waals surface area contributed by atoms with Crippen molar-refractivity contribution in [2.75, 3.05) is 0 Å². The van der Waals surface area contributed by atoms with Crippen LogP contribution >= 0.6 is 31.9 Å². The van der Waals surface area contributed by atoms with Crippen molar-refractivity contribution < 1.29 is 13.9 Å². The minimum atomic E-state index is -1.02. The van der Waals surface area contributed by atoms with Gasteiger partial charge in [0.2, 0.25) is 0 Å². The van der Waals surface area contributed by atoms with E-state index < -0.39 is 17.7 Å². The number of aliphatic hydroxyl groups excluding tert-OH is 1. The Morgan fingerprint density at radius 3 is 2.33 bits per heavy atom. The molecule has 0 spiro atoms. The molecule has 0 amide bonds. The van der Waals surface area contributed by atoms with E-state index in [9.17, 15) is 13.9 Å². The van der Waals surface area contributed by atoms with E-state index in [1.807, 2.05) is 6.07 Å². The van der Waals surface area contributed by atoms with E-state index in [2.05, 4.69) is 31.9 Å². The second-order valence-electron chi connectivity index (χ2n) is 3.74. The summed E-state index contributed by atoms with van der Waals surface area (Å²) in [5.41, 5.74) is 0.878. The standard InChI is InChI=1S/C13H8Br2F2O/c14-8-2-3-10(15)9(6-8)13(18)7-1-4-11(16)12(17)5-7/h1-6,13,18H. The predicted octanol–water partition coefficient (Wildman–Crippen LogP) is 4.57. The maximum absolute atomic E-state index is 13.1. The lowest BCUT2D eigenvalue weighted by Gasteiger charge is -2.14. The fourth-order valence-corrected chi connectivity index (χ4v) is 2.43. The van der Waals surface area contributed by atoms with Gasteiger partial charge in [0.15, 0.2) is 11.6 Å². The van der Waals surface area contributed by atoms with E-state index >= 15 is 0 Å². The summed E-state index contributed by atoms with van der Waals surface area (Å²) in [5.74, 6) is -1.91. The van der Waals surface area contributed by atoms with Crippen molar-refractivity contribution in [3.63, 3.8) is 0 Å². The van der Waals surface area contributed by atoms with Crippen molar-refractivity contribution in [3.05, 3.63) is 68.1 Å². The molecule has 0 saturated heterocycles. The van der Waals surface area contributed by atoms with Gasteiger partial charge in [0.25, 0.3) is 0 Å². The van der Waals surface area contributed by atoms with Crippen LogP contribution in [0.15, 0.2) is 45.3 Å². The van der Waals surface area contributed by atoms with Crippen molar-refractivity contribution in [1.29, 1.82) is 0 Å². The zero-order valence-electron chi connectivity index (χ0n) is 9.00. The summed E-state index contributed by atoms with van der Waals surface area (Å²) in [6.45, 7) is 0. The molecule has 0 aromatic heterocycles. The van der Waals surface area contributed by atoms with E-state index in [-0.39, 0.29) is 0 Å². The van der Waals surface area contributed by atoms with Crippen LogP contribution in [0, 0.1) is 11.6 Å². The minimum Gasteiger partial charge on any atom is -0.384 e. The van der Waals surface area contributed by atoms with Gasteiger partial charge in [0.1, 0.15) is 6.10 Å². The van der Waals surface area contributed by atoms with Crippen LogP contribution in [0.5, 0.6) is 0 Å². The first-order valence-corrected chi connectivity index (χ1v) is 6.65. The van der Waals surface area contributed by atoms with Crippen LogP contribution in [0.25, 0.3) is 0 Å². The number of halogens is 4. The van der Waals surface area contributed by atoms with Crippen molar-refractivity contribution in [1.82, 2.24) is 0 Å². The fourth-order valence-electron chi connectivity index (χ4n) is 1.59. The Kier molecular flexibility index (Phi) is 4.14. The van der Waals surface area contributed by atoms with E-state index in [1.54, 1.807) is 12.1 Å².